The van der Waals surface area contributed by atoms with Gasteiger partial charge in [-0.2, -0.15) is 0 Å². The van der Waals surface area contributed by atoms with E-state index in [1.165, 1.54) is 16.2 Å². The van der Waals surface area contributed by atoms with E-state index in [1.807, 2.05) is 35.7 Å². The van der Waals surface area contributed by atoms with Gasteiger partial charge in [-0.3, -0.25) is 9.88 Å². The number of carbonyl (C=O) groups is 2. The lowest BCUT2D eigenvalue weighted by Gasteiger charge is -2.26. The van der Waals surface area contributed by atoms with Gasteiger partial charge in [0.25, 0.3) is 0 Å². The predicted molar refractivity (Wildman–Crippen MR) is 116 cm³/mol. The lowest BCUT2D eigenvalue weighted by Crippen LogP contribution is -2.43. The summed E-state index contributed by atoms with van der Waals surface area (Å²) in [6, 6.07) is 8.30. The monoisotopic (exact) mass is 441 g/mol. The Morgan fingerprint density at radius 1 is 1.23 bits per heavy atom. The molecule has 1 amide bonds. The molecule has 0 unspecified atom stereocenters. The van der Waals surface area contributed by atoms with Gasteiger partial charge in [0.2, 0.25) is 0 Å². The minimum atomic E-state index is -1.08. The molecule has 0 bridgehead atoms. The zero-order chi connectivity index (χ0) is 22.2. The maximum absolute atomic E-state index is 12.6. The molecule has 0 spiro atoms. The van der Waals surface area contributed by atoms with Crippen molar-refractivity contribution in [3.05, 3.63) is 41.9 Å². The molecule has 162 valence electrons. The number of ether oxygens (including phenoxy) is 2. The van der Waals surface area contributed by atoms with Crippen LogP contribution in [-0.4, -0.2) is 56.3 Å². The van der Waals surface area contributed by atoms with Gasteiger partial charge in [-0.1, -0.05) is 6.07 Å². The third-order valence-electron chi connectivity index (χ3n) is 4.77. The quantitative estimate of drug-likeness (QED) is 0.647. The average Bonchev–Trinajstić information content (AvgIpc) is 3.34. The van der Waals surface area contributed by atoms with Crippen LogP contribution >= 0.6 is 11.3 Å². The minimum absolute atomic E-state index is 0.125. The predicted octanol–water partition coefficient (Wildman–Crippen LogP) is 4.20. The molecule has 2 atom stereocenters. The normalized spacial score (nSPS) is 18.9. The van der Waals surface area contributed by atoms with Crippen molar-refractivity contribution in [1.29, 1.82) is 0 Å². The van der Waals surface area contributed by atoms with Crippen LogP contribution in [0.2, 0.25) is 0 Å². The zero-order valence-electron chi connectivity index (χ0n) is 17.4. The number of carboxylic acid groups (broad SMARTS) is 1. The smallest absolute Gasteiger partial charge is 0.411 e. The van der Waals surface area contributed by atoms with Gasteiger partial charge in [-0.05, 0) is 44.4 Å². The van der Waals surface area contributed by atoms with Gasteiger partial charge in [-0.25, -0.2) is 14.6 Å². The summed E-state index contributed by atoms with van der Waals surface area (Å²) in [6.45, 7) is 5.36. The Morgan fingerprint density at radius 2 is 2.03 bits per heavy atom. The SMILES string of the molecule is CC(C)(C)OC(=O)N1C[C@H](Oc2cc(-c3ccccn3)nc3ccsc23)C[C@H]1C(=O)O. The van der Waals surface area contributed by atoms with Crippen LogP contribution in [0, 0.1) is 0 Å². The number of likely N-dealkylation sites (tertiary alicyclic amines) is 1. The highest BCUT2D eigenvalue weighted by Gasteiger charge is 2.42. The summed E-state index contributed by atoms with van der Waals surface area (Å²) in [5, 5.41) is 11.6. The summed E-state index contributed by atoms with van der Waals surface area (Å²) in [5.41, 5.74) is 1.44. The zero-order valence-corrected chi connectivity index (χ0v) is 18.3. The molecule has 0 aliphatic carbocycles. The summed E-state index contributed by atoms with van der Waals surface area (Å²) >= 11 is 1.49. The molecule has 1 aliphatic heterocycles. The topological polar surface area (TPSA) is 102 Å². The second kappa shape index (κ2) is 8.14. The molecule has 1 fully saturated rings. The van der Waals surface area contributed by atoms with E-state index in [0.29, 0.717) is 17.1 Å². The first-order valence-corrected chi connectivity index (χ1v) is 10.8. The fraction of sp³-hybridized carbons (Fsp3) is 0.364. The Kier molecular flexibility index (Phi) is 5.53. The van der Waals surface area contributed by atoms with Gasteiger partial charge in [-0.15, -0.1) is 11.3 Å². The van der Waals surface area contributed by atoms with Crippen molar-refractivity contribution in [1.82, 2.24) is 14.9 Å². The second-order valence-electron chi connectivity index (χ2n) is 8.32. The molecule has 1 N–H and O–H groups in total. The Hall–Kier alpha value is -3.20. The van der Waals surface area contributed by atoms with Gasteiger partial charge in [0.15, 0.2) is 0 Å². The third-order valence-corrected chi connectivity index (χ3v) is 5.69. The molecule has 8 nitrogen and oxygen atoms in total. The van der Waals surface area contributed by atoms with Gasteiger partial charge in [0.1, 0.15) is 23.5 Å². The molecular weight excluding hydrogens is 418 g/mol. The molecule has 4 rings (SSSR count). The van der Waals surface area contributed by atoms with E-state index < -0.39 is 29.8 Å². The maximum Gasteiger partial charge on any atom is 0.411 e. The van der Waals surface area contributed by atoms with Crippen LogP contribution in [0.3, 0.4) is 0 Å². The summed E-state index contributed by atoms with van der Waals surface area (Å²) in [4.78, 5) is 34.6. The molecule has 9 heteroatoms. The number of pyridine rings is 2. The van der Waals surface area contributed by atoms with Crippen molar-refractivity contribution >= 4 is 33.6 Å². The average molecular weight is 442 g/mol. The first-order valence-electron chi connectivity index (χ1n) is 9.90. The van der Waals surface area contributed by atoms with Crippen LogP contribution in [0.4, 0.5) is 4.79 Å². The van der Waals surface area contributed by atoms with E-state index in [4.69, 9.17) is 9.47 Å². The van der Waals surface area contributed by atoms with Gasteiger partial charge >= 0.3 is 12.1 Å². The Bertz CT molecular complexity index is 1110. The van der Waals surface area contributed by atoms with Crippen LogP contribution in [-0.2, 0) is 9.53 Å². The molecule has 1 aliphatic rings. The Labute approximate surface area is 183 Å². The number of thiophene rings is 1. The number of aromatic nitrogens is 2. The maximum atomic E-state index is 12.6. The Balaban J connectivity index is 1.61. The molecule has 0 aromatic carbocycles. The van der Waals surface area contributed by atoms with Gasteiger partial charge in [0.05, 0.1) is 28.1 Å². The molecule has 31 heavy (non-hydrogen) atoms. The lowest BCUT2D eigenvalue weighted by atomic mass is 10.2. The largest absolute Gasteiger partial charge is 0.487 e. The van der Waals surface area contributed by atoms with Gasteiger partial charge < -0.3 is 14.6 Å². The molecular formula is C22H23N3O5S. The van der Waals surface area contributed by atoms with Crippen molar-refractivity contribution in [3.63, 3.8) is 0 Å². The fourth-order valence-electron chi connectivity index (χ4n) is 3.48. The number of aliphatic carboxylic acids is 1. The number of hydrogen-bond donors (Lipinski definition) is 1. The highest BCUT2D eigenvalue weighted by atomic mass is 32.1. The molecule has 3 aromatic rings. The third kappa shape index (κ3) is 4.61. The van der Waals surface area contributed by atoms with Crippen LogP contribution in [0.25, 0.3) is 21.6 Å². The van der Waals surface area contributed by atoms with E-state index in [0.717, 1.165) is 10.2 Å². The van der Waals surface area contributed by atoms with E-state index in [2.05, 4.69) is 9.97 Å². The number of fused-ring (bicyclic) bond motifs is 1. The summed E-state index contributed by atoms with van der Waals surface area (Å²) in [5.74, 6) is -0.483. The highest BCUT2D eigenvalue weighted by molar-refractivity contribution is 7.17. The molecule has 0 radical (unpaired) electrons. The molecule has 1 saturated heterocycles. The number of nitrogens with zero attached hydrogens (tertiary/aromatic N) is 3. The highest BCUT2D eigenvalue weighted by Crippen LogP contribution is 2.35. The number of hydrogen-bond acceptors (Lipinski definition) is 7. The van der Waals surface area contributed by atoms with Crippen LogP contribution < -0.4 is 4.74 Å². The van der Waals surface area contributed by atoms with Crippen molar-refractivity contribution in [2.24, 2.45) is 0 Å². The number of amides is 1. The van der Waals surface area contributed by atoms with Crippen molar-refractivity contribution < 1.29 is 24.2 Å². The molecule has 3 aromatic heterocycles. The Morgan fingerprint density at radius 3 is 2.71 bits per heavy atom. The van der Waals surface area contributed by atoms with Crippen molar-refractivity contribution in [3.8, 4) is 17.1 Å². The number of carboxylic acids is 1. The van der Waals surface area contributed by atoms with Crippen LogP contribution in [0.5, 0.6) is 5.75 Å². The molecule has 0 saturated carbocycles. The first-order chi connectivity index (χ1) is 14.7. The van der Waals surface area contributed by atoms with E-state index >= 15 is 0 Å². The minimum Gasteiger partial charge on any atom is -0.487 e. The summed E-state index contributed by atoms with van der Waals surface area (Å²) in [7, 11) is 0. The van der Waals surface area contributed by atoms with Crippen LogP contribution in [0.15, 0.2) is 41.9 Å². The van der Waals surface area contributed by atoms with E-state index in [-0.39, 0.29) is 13.0 Å². The van der Waals surface area contributed by atoms with Crippen molar-refractivity contribution in [2.75, 3.05) is 6.54 Å². The summed E-state index contributed by atoms with van der Waals surface area (Å²) in [6.07, 6.45) is 0.722. The van der Waals surface area contributed by atoms with Crippen LogP contribution in [0.1, 0.15) is 27.2 Å². The van der Waals surface area contributed by atoms with E-state index in [1.54, 1.807) is 27.0 Å². The summed E-state index contributed by atoms with van der Waals surface area (Å²) < 4.78 is 12.5. The van der Waals surface area contributed by atoms with Crippen molar-refractivity contribution in [2.45, 2.75) is 44.9 Å². The fourth-order valence-corrected chi connectivity index (χ4v) is 4.27. The molecule has 4 heterocycles. The standard InChI is InChI=1S/C22H23N3O5S/c1-22(2,3)30-21(28)25-12-13(10-17(25)20(26)27)29-18-11-16(14-6-4-5-8-23-14)24-15-7-9-31-19(15)18/h4-9,11,13,17H,10,12H2,1-3H3,(H,26,27)/t13-,17+/m1/s1. The number of rotatable bonds is 4. The number of carbonyl (C=O) groups excluding carboxylic acids is 1. The lowest BCUT2D eigenvalue weighted by molar-refractivity contribution is -0.142. The van der Waals surface area contributed by atoms with Gasteiger partial charge in [0, 0.05) is 18.7 Å². The van der Waals surface area contributed by atoms with E-state index in [9.17, 15) is 14.7 Å². The first kappa shape index (κ1) is 21.0. The second-order valence-corrected chi connectivity index (χ2v) is 9.23.